The number of nitrogen functional groups attached to an aromatic ring is 1. The Balaban J connectivity index is 1.97. The van der Waals surface area contributed by atoms with Crippen molar-refractivity contribution in [2.45, 2.75) is 18.9 Å². The van der Waals surface area contributed by atoms with Gasteiger partial charge in [-0.25, -0.2) is 4.79 Å². The molecule has 1 atom stereocenters. The van der Waals surface area contributed by atoms with E-state index in [9.17, 15) is 14.9 Å². The number of benzene rings is 1. The van der Waals surface area contributed by atoms with E-state index in [0.717, 1.165) is 12.8 Å². The van der Waals surface area contributed by atoms with Crippen molar-refractivity contribution >= 4 is 17.6 Å². The highest BCUT2D eigenvalue weighted by Crippen LogP contribution is 2.26. The van der Waals surface area contributed by atoms with Gasteiger partial charge < -0.3 is 25.1 Å². The lowest BCUT2D eigenvalue weighted by Crippen LogP contribution is -2.32. The van der Waals surface area contributed by atoms with Crippen molar-refractivity contribution in [2.75, 3.05) is 26.0 Å². The average molecular weight is 368 g/mol. The summed E-state index contributed by atoms with van der Waals surface area (Å²) in [6.07, 6.45) is 3.33. The molecule has 0 saturated carbocycles. The van der Waals surface area contributed by atoms with Gasteiger partial charge in [-0.05, 0) is 25.0 Å². The number of nitriles is 1. The molecule has 3 rings (SSSR count). The van der Waals surface area contributed by atoms with Crippen molar-refractivity contribution in [3.8, 4) is 11.8 Å². The fourth-order valence-corrected chi connectivity index (χ4v) is 3.09. The second-order valence-electron chi connectivity index (χ2n) is 6.14. The number of hydrogen-bond donors (Lipinski definition) is 2. The Kier molecular flexibility index (Phi) is 5.43. The summed E-state index contributed by atoms with van der Waals surface area (Å²) in [6, 6.07) is 8.72. The van der Waals surface area contributed by atoms with Crippen LogP contribution in [0.2, 0.25) is 0 Å². The number of anilines is 1. The zero-order chi connectivity index (χ0) is 19.4. The quantitative estimate of drug-likeness (QED) is 0.774. The van der Waals surface area contributed by atoms with E-state index in [1.165, 1.54) is 17.9 Å². The average Bonchev–Trinajstić information content (AvgIpc) is 3.33. The van der Waals surface area contributed by atoms with Gasteiger partial charge in [0.25, 0.3) is 5.91 Å². The highest BCUT2D eigenvalue weighted by Gasteiger charge is 2.24. The summed E-state index contributed by atoms with van der Waals surface area (Å²) in [6.45, 7) is 1.12. The molecule has 0 aliphatic carbocycles. The molecule has 1 fully saturated rings. The summed E-state index contributed by atoms with van der Waals surface area (Å²) in [5, 5.41) is 12.1. The normalized spacial score (nSPS) is 15.9. The smallest absolute Gasteiger partial charge is 0.357 e. The first-order chi connectivity index (χ1) is 13.1. The maximum atomic E-state index is 12.7. The van der Waals surface area contributed by atoms with E-state index in [0.29, 0.717) is 24.4 Å². The summed E-state index contributed by atoms with van der Waals surface area (Å²) < 4.78 is 11.7. The minimum atomic E-state index is -0.691. The molecule has 1 aromatic carbocycles. The zero-order valence-electron chi connectivity index (χ0n) is 14.9. The Bertz CT molecular complexity index is 907. The fraction of sp³-hybridized carbons (Fsp3) is 0.316. The summed E-state index contributed by atoms with van der Waals surface area (Å²) in [4.78, 5) is 24.9. The van der Waals surface area contributed by atoms with Gasteiger partial charge in [0, 0.05) is 19.3 Å². The molecule has 1 aliphatic heterocycles. The van der Waals surface area contributed by atoms with Crippen LogP contribution in [-0.4, -0.2) is 42.8 Å². The Morgan fingerprint density at radius 1 is 1.44 bits per heavy atom. The van der Waals surface area contributed by atoms with Crippen LogP contribution in [0.3, 0.4) is 0 Å². The van der Waals surface area contributed by atoms with Gasteiger partial charge in [0.05, 0.1) is 35.7 Å². The Hall–Kier alpha value is -3.31. The third-order valence-corrected chi connectivity index (χ3v) is 4.47. The number of rotatable bonds is 5. The van der Waals surface area contributed by atoms with Gasteiger partial charge in [-0.3, -0.25) is 4.79 Å². The number of aromatic nitrogens is 1. The van der Waals surface area contributed by atoms with Gasteiger partial charge in [0.1, 0.15) is 6.07 Å². The Morgan fingerprint density at radius 3 is 2.89 bits per heavy atom. The lowest BCUT2D eigenvalue weighted by atomic mass is 10.1. The third-order valence-electron chi connectivity index (χ3n) is 4.47. The van der Waals surface area contributed by atoms with Crippen LogP contribution >= 0.6 is 0 Å². The maximum Gasteiger partial charge on any atom is 0.357 e. The van der Waals surface area contributed by atoms with E-state index in [1.807, 2.05) is 6.07 Å². The van der Waals surface area contributed by atoms with E-state index in [-0.39, 0.29) is 29.0 Å². The van der Waals surface area contributed by atoms with Crippen LogP contribution < -0.4 is 11.1 Å². The first-order valence-electron chi connectivity index (χ1n) is 8.55. The molecule has 27 heavy (non-hydrogen) atoms. The van der Waals surface area contributed by atoms with Crippen molar-refractivity contribution in [1.29, 1.82) is 5.26 Å². The fourth-order valence-electron chi connectivity index (χ4n) is 3.09. The van der Waals surface area contributed by atoms with E-state index >= 15 is 0 Å². The van der Waals surface area contributed by atoms with E-state index < -0.39 is 5.97 Å². The summed E-state index contributed by atoms with van der Waals surface area (Å²) in [5.41, 5.74) is 6.86. The lowest BCUT2D eigenvalue weighted by Gasteiger charge is -2.15. The summed E-state index contributed by atoms with van der Waals surface area (Å²) in [7, 11) is 1.23. The second-order valence-corrected chi connectivity index (χ2v) is 6.14. The molecule has 2 aromatic rings. The van der Waals surface area contributed by atoms with Crippen molar-refractivity contribution in [1.82, 2.24) is 9.88 Å². The molecule has 1 unspecified atom stereocenters. The second kappa shape index (κ2) is 7.93. The minimum absolute atomic E-state index is 0.00780. The van der Waals surface area contributed by atoms with Crippen LogP contribution in [0.15, 0.2) is 30.5 Å². The van der Waals surface area contributed by atoms with Gasteiger partial charge in [0.2, 0.25) is 0 Å². The number of nitrogens with two attached hydrogens (primary N) is 1. The molecule has 0 bridgehead atoms. The molecule has 1 saturated heterocycles. The molecule has 140 valence electrons. The molecular weight excluding hydrogens is 348 g/mol. The number of nitrogens with zero attached hydrogens (tertiary/aromatic N) is 2. The highest BCUT2D eigenvalue weighted by molar-refractivity contribution is 6.00. The molecule has 3 N–H and O–H groups in total. The van der Waals surface area contributed by atoms with Gasteiger partial charge in [-0.1, -0.05) is 12.1 Å². The van der Waals surface area contributed by atoms with Crippen molar-refractivity contribution in [2.24, 2.45) is 0 Å². The molecular formula is C19H20N4O4. The predicted octanol–water partition coefficient (Wildman–Crippen LogP) is 1.63. The van der Waals surface area contributed by atoms with Crippen LogP contribution in [-0.2, 0) is 9.47 Å². The topological polar surface area (TPSA) is 119 Å². The minimum Gasteiger partial charge on any atom is -0.464 e. The van der Waals surface area contributed by atoms with Crippen molar-refractivity contribution < 1.29 is 19.1 Å². The zero-order valence-corrected chi connectivity index (χ0v) is 14.9. The van der Waals surface area contributed by atoms with Gasteiger partial charge in [0.15, 0.2) is 5.69 Å². The van der Waals surface area contributed by atoms with Gasteiger partial charge in [-0.15, -0.1) is 0 Å². The molecule has 0 radical (unpaired) electrons. The monoisotopic (exact) mass is 368 g/mol. The Labute approximate surface area is 156 Å². The van der Waals surface area contributed by atoms with Gasteiger partial charge >= 0.3 is 5.97 Å². The van der Waals surface area contributed by atoms with E-state index in [1.54, 1.807) is 24.3 Å². The predicted molar refractivity (Wildman–Crippen MR) is 97.5 cm³/mol. The molecule has 1 aliphatic rings. The Morgan fingerprint density at radius 2 is 2.22 bits per heavy atom. The molecule has 1 amide bonds. The number of hydrogen-bond acceptors (Lipinski definition) is 6. The SMILES string of the molecule is COC(=O)c1c(N)c(C#N)cn1-c1ccccc1C(=O)NCC1CCCO1. The number of methoxy groups -OCH3 is 1. The molecule has 8 nitrogen and oxygen atoms in total. The molecule has 1 aromatic heterocycles. The number of nitrogens with one attached hydrogen (secondary N) is 1. The largest absolute Gasteiger partial charge is 0.464 e. The van der Waals surface area contributed by atoms with Crippen LogP contribution in [0.1, 0.15) is 39.3 Å². The number of amides is 1. The lowest BCUT2D eigenvalue weighted by molar-refractivity contribution is 0.0592. The number of carbonyl (C=O) groups excluding carboxylic acids is 2. The van der Waals surface area contributed by atoms with Crippen LogP contribution in [0.4, 0.5) is 5.69 Å². The van der Waals surface area contributed by atoms with E-state index in [4.69, 9.17) is 15.2 Å². The first kappa shape index (κ1) is 18.5. The first-order valence-corrected chi connectivity index (χ1v) is 8.55. The number of carbonyl (C=O) groups is 2. The standard InChI is InChI=1S/C19H20N4O4/c1-26-19(25)17-16(21)12(9-20)11-23(17)15-7-3-2-6-14(15)18(24)22-10-13-5-4-8-27-13/h2-3,6-7,11,13H,4-5,8,10,21H2,1H3,(H,22,24). The molecule has 2 heterocycles. The van der Waals surface area contributed by atoms with Crippen LogP contribution in [0, 0.1) is 11.3 Å². The van der Waals surface area contributed by atoms with Gasteiger partial charge in [-0.2, -0.15) is 5.26 Å². The highest BCUT2D eigenvalue weighted by atomic mass is 16.5. The number of para-hydroxylation sites is 1. The summed E-state index contributed by atoms with van der Waals surface area (Å²) in [5.74, 6) is -0.994. The molecule has 8 heteroatoms. The van der Waals surface area contributed by atoms with Crippen LogP contribution in [0.25, 0.3) is 5.69 Å². The molecule has 0 spiro atoms. The van der Waals surface area contributed by atoms with Crippen molar-refractivity contribution in [3.63, 3.8) is 0 Å². The summed E-state index contributed by atoms with van der Waals surface area (Å²) >= 11 is 0. The maximum absolute atomic E-state index is 12.7. The third kappa shape index (κ3) is 3.64. The van der Waals surface area contributed by atoms with Crippen LogP contribution in [0.5, 0.6) is 0 Å². The number of esters is 1. The number of ether oxygens (including phenoxy) is 2. The van der Waals surface area contributed by atoms with Crippen molar-refractivity contribution in [3.05, 3.63) is 47.3 Å². The van der Waals surface area contributed by atoms with E-state index in [2.05, 4.69) is 5.32 Å².